The van der Waals surface area contributed by atoms with Gasteiger partial charge in [-0.05, 0) is 65.4 Å². The fourth-order valence-electron chi connectivity index (χ4n) is 5.36. The van der Waals surface area contributed by atoms with Gasteiger partial charge >= 0.3 is 0 Å². The summed E-state index contributed by atoms with van der Waals surface area (Å²) < 4.78 is 36.7. The van der Waals surface area contributed by atoms with Crippen LogP contribution in [-0.4, -0.2) is 25.3 Å². The highest BCUT2D eigenvalue weighted by atomic mass is 32.2. The van der Waals surface area contributed by atoms with Crippen LogP contribution in [0, 0.1) is 0 Å². The third-order valence-corrected chi connectivity index (χ3v) is 10.5. The van der Waals surface area contributed by atoms with E-state index in [2.05, 4.69) is 103 Å². The summed E-state index contributed by atoms with van der Waals surface area (Å²) in [6.45, 7) is 5.33. The van der Waals surface area contributed by atoms with Gasteiger partial charge in [-0.2, -0.15) is 13.0 Å². The molecule has 5 aromatic rings. The minimum absolute atomic E-state index is 0.167. The lowest BCUT2D eigenvalue weighted by Gasteiger charge is -2.20. The van der Waals surface area contributed by atoms with Gasteiger partial charge in [-0.25, -0.2) is 0 Å². The summed E-state index contributed by atoms with van der Waals surface area (Å²) in [5, 5.41) is 2.13. The number of nitrogens with zero attached hydrogens (tertiary/aromatic N) is 2. The number of aryl methyl sites for hydroxylation is 1. The van der Waals surface area contributed by atoms with Gasteiger partial charge in [0.25, 0.3) is 15.1 Å². The van der Waals surface area contributed by atoms with E-state index in [0.29, 0.717) is 0 Å². The number of fused-ring (bicyclic) bond motifs is 2. The Morgan fingerprint density at radius 3 is 2.14 bits per heavy atom. The largest absolute Gasteiger partial charge is 0.334 e. The number of hydrogen-bond acceptors (Lipinski definition) is 5. The van der Waals surface area contributed by atoms with Crippen LogP contribution in [0.25, 0.3) is 38.5 Å². The Balaban J connectivity index is 1.38. The van der Waals surface area contributed by atoms with Crippen molar-refractivity contribution in [3.8, 4) is 22.3 Å². The highest BCUT2D eigenvalue weighted by Crippen LogP contribution is 2.48. The molecule has 2 heterocycles. The number of rotatable bonds is 9. The number of thioether (sulfide) groups is 1. The average molecular weight is 626 g/mol. The monoisotopic (exact) mass is 625 g/mol. The van der Waals surface area contributed by atoms with Gasteiger partial charge in [-0.15, -0.1) is 0 Å². The molecule has 1 aliphatic heterocycles. The molecule has 0 saturated heterocycles. The molecular weight excluding hydrogens is 593 g/mol. The first-order valence-corrected chi connectivity index (χ1v) is 17.6. The molecule has 0 aliphatic carbocycles. The van der Waals surface area contributed by atoms with Crippen molar-refractivity contribution in [2.45, 2.75) is 31.7 Å². The van der Waals surface area contributed by atoms with Crippen molar-refractivity contribution in [2.24, 2.45) is 0 Å². The SMILES string of the molecule is CCC(=Cc1sc2ccc(-c3ccccc3)cc2[n+]1CC)C=C1Sc2ccc(-c3ccccc3)cc2N1CCS(=O)(=O)O. The molecule has 0 atom stereocenters. The van der Waals surface area contributed by atoms with Gasteiger partial charge in [-0.3, -0.25) is 4.55 Å². The third kappa shape index (κ3) is 6.48. The van der Waals surface area contributed by atoms with Gasteiger partial charge in [0.2, 0.25) is 5.52 Å². The normalized spacial score (nSPS) is 14.5. The number of hydrogen-bond donors (Lipinski definition) is 1. The minimum atomic E-state index is -4.12. The van der Waals surface area contributed by atoms with Crippen molar-refractivity contribution in [1.82, 2.24) is 0 Å². The highest BCUT2D eigenvalue weighted by molar-refractivity contribution is 8.03. The summed E-state index contributed by atoms with van der Waals surface area (Å²) in [6.07, 6.45) is 5.23. The van der Waals surface area contributed by atoms with Crippen molar-refractivity contribution in [1.29, 1.82) is 0 Å². The predicted octanol–water partition coefficient (Wildman–Crippen LogP) is 8.68. The van der Waals surface area contributed by atoms with E-state index < -0.39 is 10.1 Å². The Labute approximate surface area is 261 Å². The number of allylic oxidation sites excluding steroid dienone is 2. The van der Waals surface area contributed by atoms with Crippen molar-refractivity contribution in [3.63, 3.8) is 0 Å². The van der Waals surface area contributed by atoms with Crippen molar-refractivity contribution >= 4 is 55.2 Å². The molecule has 43 heavy (non-hydrogen) atoms. The number of aromatic nitrogens is 1. The summed E-state index contributed by atoms with van der Waals surface area (Å²) in [5.74, 6) is -0.346. The fourth-order valence-corrected chi connectivity index (χ4v) is 8.11. The van der Waals surface area contributed by atoms with Crippen molar-refractivity contribution < 1.29 is 17.5 Å². The van der Waals surface area contributed by atoms with Gasteiger partial charge in [0, 0.05) is 23.6 Å². The summed E-state index contributed by atoms with van der Waals surface area (Å²) in [6, 6.07) is 33.6. The molecule has 0 amide bonds. The molecule has 0 bridgehead atoms. The highest BCUT2D eigenvalue weighted by Gasteiger charge is 2.27. The van der Waals surface area contributed by atoms with Crippen LogP contribution >= 0.6 is 23.1 Å². The maximum absolute atomic E-state index is 11.8. The van der Waals surface area contributed by atoms with Gasteiger partial charge in [0.15, 0.2) is 0 Å². The van der Waals surface area contributed by atoms with E-state index in [1.54, 1.807) is 23.1 Å². The molecule has 4 aromatic carbocycles. The summed E-state index contributed by atoms with van der Waals surface area (Å²) in [5.41, 5.74) is 7.88. The van der Waals surface area contributed by atoms with E-state index in [9.17, 15) is 13.0 Å². The molecule has 1 aliphatic rings. The Morgan fingerprint density at radius 2 is 1.51 bits per heavy atom. The molecule has 6 rings (SSSR count). The molecule has 0 spiro atoms. The molecule has 0 saturated carbocycles. The molecule has 8 heteroatoms. The van der Waals surface area contributed by atoms with E-state index >= 15 is 0 Å². The van der Waals surface area contributed by atoms with Crippen LogP contribution in [0.5, 0.6) is 0 Å². The van der Waals surface area contributed by atoms with E-state index in [1.807, 2.05) is 29.2 Å². The standard InChI is InChI=1S/C35H32N2O3S3/c1-3-25(21-34-36(4-2)30-23-28(15-17-32(30)41-34)26-11-7-5-8-12-26)22-35-37(19-20-43(38,39)40)31-24-29(16-18-33(31)42-35)27-13-9-6-10-14-27/h5-18,21-24H,3-4,19-20H2,1-2H3/p+1. The minimum Gasteiger partial charge on any atom is -0.334 e. The first-order valence-electron chi connectivity index (χ1n) is 14.4. The zero-order valence-electron chi connectivity index (χ0n) is 24.1. The van der Waals surface area contributed by atoms with Crippen LogP contribution in [0.4, 0.5) is 5.69 Å². The van der Waals surface area contributed by atoms with Crippen LogP contribution in [0.1, 0.15) is 25.3 Å². The second-order valence-corrected chi connectivity index (χ2v) is 14.1. The molecule has 0 fully saturated rings. The number of anilines is 1. The molecular formula is C35H33N2O3S3+. The quantitative estimate of drug-likeness (QED) is 0.131. The van der Waals surface area contributed by atoms with Crippen molar-refractivity contribution in [2.75, 3.05) is 17.2 Å². The fraction of sp³-hybridized carbons (Fsp3) is 0.171. The smallest absolute Gasteiger partial charge is 0.266 e. The molecule has 5 nitrogen and oxygen atoms in total. The molecule has 1 N–H and O–H groups in total. The number of thiazole rings is 1. The lowest BCUT2D eigenvalue weighted by molar-refractivity contribution is -0.665. The summed E-state index contributed by atoms with van der Waals surface area (Å²) in [7, 11) is -4.12. The predicted molar refractivity (Wildman–Crippen MR) is 181 cm³/mol. The van der Waals surface area contributed by atoms with E-state index in [4.69, 9.17) is 0 Å². The van der Waals surface area contributed by atoms with Crippen LogP contribution < -0.4 is 9.47 Å². The Morgan fingerprint density at radius 1 is 0.860 bits per heavy atom. The van der Waals surface area contributed by atoms with Crippen LogP contribution in [0.3, 0.4) is 0 Å². The Bertz CT molecular complexity index is 1950. The molecule has 1 aromatic heterocycles. The van der Waals surface area contributed by atoms with Crippen molar-refractivity contribution in [3.05, 3.63) is 119 Å². The van der Waals surface area contributed by atoms with Crippen LogP contribution in [0.2, 0.25) is 0 Å². The molecule has 0 unspecified atom stereocenters. The topological polar surface area (TPSA) is 61.5 Å². The third-order valence-electron chi connectivity index (χ3n) is 7.59. The van der Waals surface area contributed by atoms with Gasteiger partial charge < -0.3 is 4.90 Å². The number of benzene rings is 4. The Hall–Kier alpha value is -3.69. The van der Waals surface area contributed by atoms with Gasteiger partial charge in [-0.1, -0.05) is 103 Å². The maximum Gasteiger partial charge on any atom is 0.266 e. The zero-order valence-corrected chi connectivity index (χ0v) is 26.6. The molecule has 218 valence electrons. The second kappa shape index (κ2) is 12.5. The van der Waals surface area contributed by atoms with E-state index in [-0.39, 0.29) is 12.3 Å². The van der Waals surface area contributed by atoms with E-state index in [0.717, 1.165) is 45.3 Å². The van der Waals surface area contributed by atoms with Crippen LogP contribution in [-0.2, 0) is 16.7 Å². The van der Waals surface area contributed by atoms with Gasteiger partial charge in [0.05, 0.1) is 16.5 Å². The van der Waals surface area contributed by atoms with Crippen LogP contribution in [0.15, 0.2) is 119 Å². The zero-order chi connectivity index (χ0) is 30.0. The first kappa shape index (κ1) is 29.4. The lowest BCUT2D eigenvalue weighted by atomic mass is 10.0. The first-order chi connectivity index (χ1) is 20.8. The van der Waals surface area contributed by atoms with E-state index in [1.165, 1.54) is 26.4 Å². The maximum atomic E-state index is 11.8. The Kier molecular flexibility index (Phi) is 8.54. The summed E-state index contributed by atoms with van der Waals surface area (Å²) >= 11 is 3.41. The molecule has 0 radical (unpaired) electrons. The van der Waals surface area contributed by atoms with Gasteiger partial charge in [0.1, 0.15) is 11.2 Å². The lowest BCUT2D eigenvalue weighted by Crippen LogP contribution is -2.33. The summed E-state index contributed by atoms with van der Waals surface area (Å²) in [4.78, 5) is 3.09. The average Bonchev–Trinajstić information content (AvgIpc) is 3.55. The second-order valence-electron chi connectivity index (χ2n) is 10.4.